The molecule has 0 bridgehead atoms. The number of halogens is 3. The maximum absolute atomic E-state index is 12.5. The first kappa shape index (κ1) is 16.1. The van der Waals surface area contributed by atoms with Crippen LogP contribution in [0.4, 0.5) is 19.0 Å². The van der Waals surface area contributed by atoms with Crippen molar-refractivity contribution in [2.45, 2.75) is 26.2 Å². The molecule has 0 saturated carbocycles. The Bertz CT molecular complexity index is 692. The molecule has 0 atom stereocenters. The number of benzene rings is 1. The maximum Gasteiger partial charge on any atom is 0.416 e. The van der Waals surface area contributed by atoms with Crippen LogP contribution in [0.2, 0.25) is 0 Å². The van der Waals surface area contributed by atoms with Gasteiger partial charge in [0.25, 0.3) is 5.56 Å². The van der Waals surface area contributed by atoms with Crippen LogP contribution >= 0.6 is 0 Å². The van der Waals surface area contributed by atoms with Gasteiger partial charge in [0.2, 0.25) is 0 Å². The van der Waals surface area contributed by atoms with E-state index in [1.165, 1.54) is 22.9 Å². The summed E-state index contributed by atoms with van der Waals surface area (Å²) in [6.45, 7) is 2.68. The Labute approximate surface area is 125 Å². The molecule has 1 aromatic carbocycles. The van der Waals surface area contributed by atoms with Gasteiger partial charge in [-0.2, -0.15) is 13.2 Å². The summed E-state index contributed by atoms with van der Waals surface area (Å²) in [6, 6.07) is 4.87. The van der Waals surface area contributed by atoms with Crippen LogP contribution < -0.4 is 10.5 Å². The molecule has 0 unspecified atom stereocenters. The lowest BCUT2D eigenvalue weighted by atomic mass is 10.1. The largest absolute Gasteiger partial charge is 0.416 e. The van der Waals surface area contributed by atoms with Crippen molar-refractivity contribution in [1.29, 1.82) is 0 Å². The zero-order valence-corrected chi connectivity index (χ0v) is 12.3. The summed E-state index contributed by atoms with van der Waals surface area (Å²) < 4.78 is 39.1. The van der Waals surface area contributed by atoms with Crippen molar-refractivity contribution >= 4 is 5.82 Å². The van der Waals surface area contributed by atoms with Gasteiger partial charge >= 0.3 is 6.18 Å². The van der Waals surface area contributed by atoms with Gasteiger partial charge in [0.05, 0.1) is 5.56 Å². The van der Waals surface area contributed by atoms with E-state index in [-0.39, 0.29) is 11.4 Å². The number of hydrogen-bond donors (Lipinski definition) is 0. The van der Waals surface area contributed by atoms with E-state index in [0.29, 0.717) is 18.7 Å². The minimum atomic E-state index is -4.35. The molecule has 2 rings (SSSR count). The molecule has 0 radical (unpaired) electrons. The highest BCUT2D eigenvalue weighted by molar-refractivity contribution is 5.36. The summed E-state index contributed by atoms with van der Waals surface area (Å²) in [5.41, 5.74) is -0.243. The van der Waals surface area contributed by atoms with E-state index in [2.05, 4.69) is 4.98 Å². The highest BCUT2D eigenvalue weighted by Crippen LogP contribution is 2.29. The van der Waals surface area contributed by atoms with Gasteiger partial charge < -0.3 is 9.47 Å². The molecule has 0 aliphatic carbocycles. The smallest absolute Gasteiger partial charge is 0.351 e. The second kappa shape index (κ2) is 6.21. The van der Waals surface area contributed by atoms with Crippen LogP contribution in [-0.4, -0.2) is 16.6 Å². The lowest BCUT2D eigenvalue weighted by Gasteiger charge is -2.18. The van der Waals surface area contributed by atoms with Gasteiger partial charge in [-0.1, -0.05) is 12.1 Å². The van der Waals surface area contributed by atoms with E-state index in [9.17, 15) is 18.0 Å². The molecule has 0 aliphatic heterocycles. The first-order valence-electron chi connectivity index (χ1n) is 6.75. The Balaban J connectivity index is 2.19. The lowest BCUT2D eigenvalue weighted by Crippen LogP contribution is -2.30. The second-order valence-corrected chi connectivity index (χ2v) is 4.89. The Kier molecular flexibility index (Phi) is 4.54. The minimum absolute atomic E-state index is 0.223. The van der Waals surface area contributed by atoms with E-state index < -0.39 is 11.7 Å². The molecule has 0 fully saturated rings. The molecule has 7 heteroatoms. The number of aromatic nitrogens is 2. The van der Waals surface area contributed by atoms with Crippen molar-refractivity contribution in [2.24, 2.45) is 0 Å². The molecule has 118 valence electrons. The number of rotatable bonds is 4. The Hall–Kier alpha value is -2.31. The van der Waals surface area contributed by atoms with Gasteiger partial charge in [0, 0.05) is 32.5 Å². The average molecular weight is 311 g/mol. The number of hydrogen-bond acceptors (Lipinski definition) is 3. The van der Waals surface area contributed by atoms with E-state index in [1.807, 2.05) is 6.92 Å². The van der Waals surface area contributed by atoms with Crippen LogP contribution in [0.3, 0.4) is 0 Å². The average Bonchev–Trinajstić information content (AvgIpc) is 2.47. The normalized spacial score (nSPS) is 11.5. The summed E-state index contributed by atoms with van der Waals surface area (Å²) in [5.74, 6) is 0.268. The monoisotopic (exact) mass is 311 g/mol. The molecule has 0 spiro atoms. The van der Waals surface area contributed by atoms with Crippen molar-refractivity contribution in [3.63, 3.8) is 0 Å². The molecule has 2 aromatic rings. The molecule has 22 heavy (non-hydrogen) atoms. The third-order valence-electron chi connectivity index (χ3n) is 3.30. The summed E-state index contributed by atoms with van der Waals surface area (Å²) in [5, 5.41) is 0. The fraction of sp³-hybridized carbons (Fsp3) is 0.333. The Morgan fingerprint density at radius 3 is 2.41 bits per heavy atom. The van der Waals surface area contributed by atoms with Crippen LogP contribution in [0, 0.1) is 0 Å². The first-order valence-corrected chi connectivity index (χ1v) is 6.75. The van der Waals surface area contributed by atoms with Gasteiger partial charge in [-0.15, -0.1) is 0 Å². The quantitative estimate of drug-likeness (QED) is 0.871. The van der Waals surface area contributed by atoms with Crippen molar-refractivity contribution in [2.75, 3.05) is 11.9 Å². The predicted octanol–water partition coefficient (Wildman–Crippen LogP) is 2.92. The molecule has 1 aromatic heterocycles. The highest BCUT2D eigenvalue weighted by Gasteiger charge is 2.29. The summed E-state index contributed by atoms with van der Waals surface area (Å²) in [6.07, 6.45) is -1.22. The van der Waals surface area contributed by atoms with Crippen LogP contribution in [0.15, 0.2) is 41.5 Å². The van der Waals surface area contributed by atoms with Crippen LogP contribution in [0.1, 0.15) is 18.1 Å². The van der Waals surface area contributed by atoms with Crippen LogP contribution in [-0.2, 0) is 19.3 Å². The number of alkyl halides is 3. The zero-order valence-electron chi connectivity index (χ0n) is 12.3. The first-order chi connectivity index (χ1) is 10.3. The third-order valence-corrected chi connectivity index (χ3v) is 3.30. The van der Waals surface area contributed by atoms with E-state index in [1.54, 1.807) is 18.1 Å². The fourth-order valence-corrected chi connectivity index (χ4v) is 2.09. The molecule has 0 amide bonds. The van der Waals surface area contributed by atoms with Gasteiger partial charge in [0.15, 0.2) is 5.82 Å². The van der Waals surface area contributed by atoms with Gasteiger partial charge in [-0.05, 0) is 24.6 Å². The standard InChI is InChI=1S/C15H16F3N3O/c1-3-21-9-8-19-13(14(21)22)20(2)10-11-4-6-12(7-5-11)15(16,17)18/h4-9H,3,10H2,1-2H3. The molecule has 0 saturated heterocycles. The van der Waals surface area contributed by atoms with Gasteiger partial charge in [-0.25, -0.2) is 4.98 Å². The molecule has 1 heterocycles. The van der Waals surface area contributed by atoms with Gasteiger partial charge in [0.1, 0.15) is 0 Å². The molecule has 0 aliphatic rings. The molecule has 0 N–H and O–H groups in total. The summed E-state index contributed by atoms with van der Waals surface area (Å²) in [7, 11) is 1.68. The van der Waals surface area contributed by atoms with E-state index in [0.717, 1.165) is 12.1 Å². The van der Waals surface area contributed by atoms with Gasteiger partial charge in [-0.3, -0.25) is 4.79 Å². The number of anilines is 1. The number of nitrogens with zero attached hydrogens (tertiary/aromatic N) is 3. The van der Waals surface area contributed by atoms with Crippen LogP contribution in [0.5, 0.6) is 0 Å². The summed E-state index contributed by atoms with van der Waals surface area (Å²) in [4.78, 5) is 17.8. The minimum Gasteiger partial charge on any atom is -0.351 e. The van der Waals surface area contributed by atoms with Crippen molar-refractivity contribution < 1.29 is 13.2 Å². The van der Waals surface area contributed by atoms with Crippen molar-refractivity contribution in [3.05, 3.63) is 58.1 Å². The summed E-state index contributed by atoms with van der Waals surface area (Å²) >= 11 is 0. The third kappa shape index (κ3) is 3.47. The molecular weight excluding hydrogens is 295 g/mol. The van der Waals surface area contributed by atoms with Crippen molar-refractivity contribution in [3.8, 4) is 0 Å². The van der Waals surface area contributed by atoms with Crippen LogP contribution in [0.25, 0.3) is 0 Å². The van der Waals surface area contributed by atoms with E-state index >= 15 is 0 Å². The molecule has 4 nitrogen and oxygen atoms in total. The number of aryl methyl sites for hydroxylation is 1. The highest BCUT2D eigenvalue weighted by atomic mass is 19.4. The fourth-order valence-electron chi connectivity index (χ4n) is 2.09. The Morgan fingerprint density at radius 2 is 1.86 bits per heavy atom. The maximum atomic E-state index is 12.5. The van der Waals surface area contributed by atoms with Crippen molar-refractivity contribution in [1.82, 2.24) is 9.55 Å². The van der Waals surface area contributed by atoms with E-state index in [4.69, 9.17) is 0 Å². The topological polar surface area (TPSA) is 38.1 Å². The SMILES string of the molecule is CCn1ccnc(N(C)Cc2ccc(C(F)(F)F)cc2)c1=O. The Morgan fingerprint density at radius 1 is 1.23 bits per heavy atom. The zero-order chi connectivity index (χ0) is 16.3. The second-order valence-electron chi connectivity index (χ2n) is 4.89. The molecular formula is C15H16F3N3O. The predicted molar refractivity (Wildman–Crippen MR) is 77.7 cm³/mol. The lowest BCUT2D eigenvalue weighted by molar-refractivity contribution is -0.137.